The third-order valence-electron chi connectivity index (χ3n) is 4.43. The number of rotatable bonds is 5. The van der Waals surface area contributed by atoms with Crippen LogP contribution < -0.4 is 10.1 Å². The highest BCUT2D eigenvalue weighted by Gasteiger charge is 2.13. The van der Waals surface area contributed by atoms with Crippen LogP contribution in [-0.4, -0.2) is 32.3 Å². The zero-order chi connectivity index (χ0) is 19.6. The van der Waals surface area contributed by atoms with Crippen LogP contribution >= 0.6 is 11.3 Å². The molecule has 4 heterocycles. The number of ether oxygens (including phenoxy) is 1. The van der Waals surface area contributed by atoms with Gasteiger partial charge in [-0.25, -0.2) is 9.97 Å². The van der Waals surface area contributed by atoms with E-state index >= 15 is 0 Å². The van der Waals surface area contributed by atoms with E-state index in [1.54, 1.807) is 30.8 Å². The summed E-state index contributed by atoms with van der Waals surface area (Å²) >= 11 is 1.65. The Morgan fingerprint density at radius 3 is 2.83 bits per heavy atom. The van der Waals surface area contributed by atoms with E-state index in [0.29, 0.717) is 17.5 Å². The van der Waals surface area contributed by atoms with Crippen molar-refractivity contribution in [1.82, 2.24) is 25.1 Å². The van der Waals surface area contributed by atoms with Crippen LogP contribution in [0, 0.1) is 0 Å². The number of pyridine rings is 1. The Morgan fingerprint density at radius 2 is 2.03 bits per heavy atom. The van der Waals surface area contributed by atoms with Gasteiger partial charge in [0.2, 0.25) is 0 Å². The minimum atomic E-state index is 0.590. The number of hydrogen-bond donors (Lipinski definition) is 2. The van der Waals surface area contributed by atoms with Crippen LogP contribution in [0.3, 0.4) is 0 Å². The van der Waals surface area contributed by atoms with Gasteiger partial charge in [0.1, 0.15) is 11.6 Å². The van der Waals surface area contributed by atoms with Gasteiger partial charge in [0.15, 0.2) is 11.6 Å². The monoisotopic (exact) mass is 400 g/mol. The standard InChI is InChI=1S/C21H16N6OS/c1-28-14-6-7-16-15(10-14)21(25-20(23-16)13-4-2-8-22-12-13)24-19-11-17(26-27-19)18-5-3-9-29-18/h2-12H,1H3,(H2,23,24,25,26,27). The maximum atomic E-state index is 5.38. The SMILES string of the molecule is COc1ccc2nc(-c3cccnc3)nc(Nc3cc(-c4cccs4)[nH]n3)c2c1. The van der Waals surface area contributed by atoms with Gasteiger partial charge >= 0.3 is 0 Å². The van der Waals surface area contributed by atoms with Gasteiger partial charge in [-0.1, -0.05) is 6.07 Å². The third kappa shape index (κ3) is 3.41. The first-order valence-corrected chi connectivity index (χ1v) is 9.80. The second-order valence-electron chi connectivity index (χ2n) is 6.29. The van der Waals surface area contributed by atoms with Crippen LogP contribution in [0.5, 0.6) is 5.75 Å². The molecular formula is C21H16N6OS. The van der Waals surface area contributed by atoms with Gasteiger partial charge in [-0.2, -0.15) is 5.10 Å². The van der Waals surface area contributed by atoms with Crippen molar-refractivity contribution in [3.05, 3.63) is 66.3 Å². The lowest BCUT2D eigenvalue weighted by Gasteiger charge is -2.10. The highest BCUT2D eigenvalue weighted by atomic mass is 32.1. The maximum absolute atomic E-state index is 5.38. The van der Waals surface area contributed by atoms with Gasteiger partial charge in [0.25, 0.3) is 0 Å². The van der Waals surface area contributed by atoms with E-state index < -0.39 is 0 Å². The molecule has 0 unspecified atom stereocenters. The van der Waals surface area contributed by atoms with Gasteiger partial charge in [0.05, 0.1) is 23.2 Å². The summed E-state index contributed by atoms with van der Waals surface area (Å²) in [6, 6.07) is 15.5. The van der Waals surface area contributed by atoms with Gasteiger partial charge < -0.3 is 10.1 Å². The molecule has 0 saturated heterocycles. The molecule has 0 aliphatic rings. The van der Waals surface area contributed by atoms with E-state index in [1.807, 2.05) is 53.9 Å². The van der Waals surface area contributed by atoms with Crippen molar-refractivity contribution in [3.8, 4) is 27.7 Å². The molecule has 5 rings (SSSR count). The number of aromatic amines is 1. The molecule has 0 aliphatic carbocycles. The smallest absolute Gasteiger partial charge is 0.163 e. The fourth-order valence-electron chi connectivity index (χ4n) is 3.02. The average molecular weight is 400 g/mol. The minimum absolute atomic E-state index is 0.590. The van der Waals surface area contributed by atoms with Crippen molar-refractivity contribution in [2.45, 2.75) is 0 Å². The molecule has 142 valence electrons. The first-order valence-electron chi connectivity index (χ1n) is 8.92. The molecule has 0 amide bonds. The molecule has 0 radical (unpaired) electrons. The number of thiophene rings is 1. The molecule has 7 nitrogen and oxygen atoms in total. The predicted octanol–water partition coefficient (Wildman–Crippen LogP) is 4.90. The van der Waals surface area contributed by atoms with Crippen LogP contribution in [0.1, 0.15) is 0 Å². The number of aromatic nitrogens is 5. The first kappa shape index (κ1) is 17.3. The molecule has 0 aliphatic heterocycles. The van der Waals surface area contributed by atoms with Crippen molar-refractivity contribution in [3.63, 3.8) is 0 Å². The summed E-state index contributed by atoms with van der Waals surface area (Å²) in [5.74, 6) is 2.65. The number of benzene rings is 1. The quantitative estimate of drug-likeness (QED) is 0.436. The summed E-state index contributed by atoms with van der Waals surface area (Å²) in [6.45, 7) is 0. The topological polar surface area (TPSA) is 88.6 Å². The lowest BCUT2D eigenvalue weighted by molar-refractivity contribution is 0.415. The number of fused-ring (bicyclic) bond motifs is 1. The van der Waals surface area contributed by atoms with Crippen LogP contribution in [-0.2, 0) is 0 Å². The molecule has 5 aromatic rings. The minimum Gasteiger partial charge on any atom is -0.497 e. The van der Waals surface area contributed by atoms with Crippen LogP contribution in [0.4, 0.5) is 11.6 Å². The molecule has 0 saturated carbocycles. The van der Waals surface area contributed by atoms with E-state index in [-0.39, 0.29) is 0 Å². The summed E-state index contributed by atoms with van der Waals surface area (Å²) in [5, 5.41) is 13.7. The summed E-state index contributed by atoms with van der Waals surface area (Å²) in [6.07, 6.45) is 3.47. The van der Waals surface area contributed by atoms with Crippen LogP contribution in [0.25, 0.3) is 32.9 Å². The lowest BCUT2D eigenvalue weighted by Crippen LogP contribution is -2.00. The van der Waals surface area contributed by atoms with Crippen molar-refractivity contribution >= 4 is 33.9 Å². The zero-order valence-corrected chi connectivity index (χ0v) is 16.3. The van der Waals surface area contributed by atoms with Crippen LogP contribution in [0.15, 0.2) is 66.3 Å². The normalized spacial score (nSPS) is 10.9. The van der Waals surface area contributed by atoms with Gasteiger partial charge in [-0.05, 0) is 41.8 Å². The van der Waals surface area contributed by atoms with Crippen molar-refractivity contribution in [2.75, 3.05) is 12.4 Å². The number of H-pyrrole nitrogens is 1. The summed E-state index contributed by atoms with van der Waals surface area (Å²) < 4.78 is 5.38. The molecule has 2 N–H and O–H groups in total. The Morgan fingerprint density at radius 1 is 1.07 bits per heavy atom. The second kappa shape index (κ2) is 7.33. The lowest BCUT2D eigenvalue weighted by atomic mass is 10.2. The predicted molar refractivity (Wildman–Crippen MR) is 115 cm³/mol. The van der Waals surface area contributed by atoms with Crippen LogP contribution in [0.2, 0.25) is 0 Å². The molecule has 0 spiro atoms. The Balaban J connectivity index is 1.60. The third-order valence-corrected chi connectivity index (χ3v) is 5.34. The Labute approximate surface area is 170 Å². The van der Waals surface area contributed by atoms with E-state index in [9.17, 15) is 0 Å². The molecule has 0 atom stereocenters. The zero-order valence-electron chi connectivity index (χ0n) is 15.5. The summed E-state index contributed by atoms with van der Waals surface area (Å²) in [5.41, 5.74) is 2.59. The molecule has 1 aromatic carbocycles. The van der Waals surface area contributed by atoms with E-state index in [4.69, 9.17) is 14.7 Å². The number of nitrogens with one attached hydrogen (secondary N) is 2. The van der Waals surface area contributed by atoms with Crippen molar-refractivity contribution < 1.29 is 4.74 Å². The van der Waals surface area contributed by atoms with Gasteiger partial charge in [-0.3, -0.25) is 10.1 Å². The highest BCUT2D eigenvalue weighted by Crippen LogP contribution is 2.31. The Kier molecular flexibility index (Phi) is 4.38. The summed E-state index contributed by atoms with van der Waals surface area (Å²) in [4.78, 5) is 14.7. The number of nitrogens with zero attached hydrogens (tertiary/aromatic N) is 4. The maximum Gasteiger partial charge on any atom is 0.163 e. The fourth-order valence-corrected chi connectivity index (χ4v) is 3.71. The molecule has 8 heteroatoms. The van der Waals surface area contributed by atoms with E-state index in [0.717, 1.165) is 32.8 Å². The molecule has 29 heavy (non-hydrogen) atoms. The Bertz CT molecular complexity index is 1270. The van der Waals surface area contributed by atoms with E-state index in [2.05, 4.69) is 20.5 Å². The average Bonchev–Trinajstić information content (AvgIpc) is 3.46. The van der Waals surface area contributed by atoms with Crippen molar-refractivity contribution in [1.29, 1.82) is 0 Å². The number of anilines is 2. The van der Waals surface area contributed by atoms with E-state index in [1.165, 1.54) is 0 Å². The molecule has 0 fully saturated rings. The molecular weight excluding hydrogens is 384 g/mol. The number of hydrogen-bond acceptors (Lipinski definition) is 7. The van der Waals surface area contributed by atoms with Gasteiger partial charge in [-0.15, -0.1) is 11.3 Å². The van der Waals surface area contributed by atoms with Crippen molar-refractivity contribution in [2.24, 2.45) is 0 Å². The first-order chi connectivity index (χ1) is 14.3. The molecule has 0 bridgehead atoms. The molecule has 4 aromatic heterocycles. The Hall–Kier alpha value is -3.78. The largest absolute Gasteiger partial charge is 0.497 e. The summed E-state index contributed by atoms with van der Waals surface area (Å²) in [7, 11) is 1.64. The fraction of sp³-hybridized carbons (Fsp3) is 0.0476. The van der Waals surface area contributed by atoms with Gasteiger partial charge in [0, 0.05) is 29.4 Å². The highest BCUT2D eigenvalue weighted by molar-refractivity contribution is 7.13. The number of methoxy groups -OCH3 is 1. The second-order valence-corrected chi connectivity index (χ2v) is 7.24.